The maximum absolute atomic E-state index is 13.0. The van der Waals surface area contributed by atoms with Crippen molar-refractivity contribution in [2.75, 3.05) is 19.1 Å². The monoisotopic (exact) mass is 559 g/mol. The van der Waals surface area contributed by atoms with Crippen LogP contribution >= 0.6 is 22.6 Å². The molecule has 1 unspecified atom stereocenters. The van der Waals surface area contributed by atoms with E-state index in [0.29, 0.717) is 9.13 Å². The van der Waals surface area contributed by atoms with Crippen LogP contribution in [0.5, 0.6) is 0 Å². The number of aromatic carboxylic acids is 1. The van der Waals surface area contributed by atoms with Crippen LogP contribution in [0.15, 0.2) is 71.2 Å². The van der Waals surface area contributed by atoms with Gasteiger partial charge in [-0.1, -0.05) is 30.3 Å². The third kappa shape index (κ3) is 4.27. The highest BCUT2D eigenvalue weighted by molar-refractivity contribution is 14.1. The Morgan fingerprint density at radius 2 is 1.73 bits per heavy atom. The molecule has 0 fully saturated rings. The molecule has 0 spiro atoms. The quantitative estimate of drug-likeness (QED) is 0.418. The molecule has 1 aliphatic rings. The average molecular weight is 559 g/mol. The number of benzene rings is 2. The largest absolute Gasteiger partial charge is 0.478 e. The van der Waals surface area contributed by atoms with Crippen molar-refractivity contribution in [2.24, 2.45) is 5.73 Å². The average Bonchev–Trinajstić information content (AvgIpc) is 2.82. The van der Waals surface area contributed by atoms with Gasteiger partial charge in [-0.05, 0) is 46.4 Å². The second-order valence-electron chi connectivity index (χ2n) is 6.80. The molecular formula is C23H18IN3O6. The Morgan fingerprint density at radius 1 is 1.09 bits per heavy atom. The highest BCUT2D eigenvalue weighted by Crippen LogP contribution is 2.44. The number of carboxylic acids is 1. The molecule has 33 heavy (non-hydrogen) atoms. The minimum atomic E-state index is -1.29. The number of nitriles is 1. The highest BCUT2D eigenvalue weighted by Gasteiger charge is 2.43. The summed E-state index contributed by atoms with van der Waals surface area (Å²) in [7, 11) is 2.25. The van der Waals surface area contributed by atoms with E-state index in [-0.39, 0.29) is 33.9 Å². The van der Waals surface area contributed by atoms with Crippen molar-refractivity contribution in [2.45, 2.75) is 5.92 Å². The van der Waals surface area contributed by atoms with Crippen molar-refractivity contribution in [3.8, 4) is 6.07 Å². The molecule has 0 saturated carbocycles. The lowest BCUT2D eigenvalue weighted by molar-refractivity contribution is -0.139. The first kappa shape index (κ1) is 23.8. The molecule has 0 saturated heterocycles. The number of allylic oxidation sites excluding steroid dienone is 1. The van der Waals surface area contributed by atoms with Crippen molar-refractivity contribution in [3.63, 3.8) is 0 Å². The molecule has 2 aromatic carbocycles. The van der Waals surface area contributed by atoms with Gasteiger partial charge in [-0.25, -0.2) is 14.4 Å². The molecule has 0 radical (unpaired) electrons. The summed E-state index contributed by atoms with van der Waals surface area (Å²) in [6.07, 6.45) is 0. The predicted octanol–water partition coefficient (Wildman–Crippen LogP) is 2.89. The number of nitrogens with two attached hydrogens (primary N) is 1. The van der Waals surface area contributed by atoms with E-state index in [1.54, 1.807) is 36.4 Å². The molecule has 1 heterocycles. The topological polar surface area (TPSA) is 143 Å². The minimum Gasteiger partial charge on any atom is -0.478 e. The first-order chi connectivity index (χ1) is 15.8. The first-order valence-electron chi connectivity index (χ1n) is 9.45. The molecule has 0 aliphatic carbocycles. The number of carboxylic acid groups (broad SMARTS) is 1. The second kappa shape index (κ2) is 9.74. The Bertz CT molecular complexity index is 1250. The maximum atomic E-state index is 13.0. The number of carbonyl (C=O) groups excluding carboxylic acids is 2. The fourth-order valence-electron chi connectivity index (χ4n) is 3.64. The molecule has 0 aromatic heterocycles. The van der Waals surface area contributed by atoms with Crippen LogP contribution in [0.1, 0.15) is 21.8 Å². The molecule has 1 aliphatic heterocycles. The Labute approximate surface area is 202 Å². The van der Waals surface area contributed by atoms with Crippen molar-refractivity contribution >= 4 is 46.2 Å². The van der Waals surface area contributed by atoms with E-state index in [1.807, 2.05) is 28.7 Å². The van der Waals surface area contributed by atoms with Crippen LogP contribution < -0.4 is 10.6 Å². The molecule has 2 aromatic rings. The van der Waals surface area contributed by atoms with Crippen LogP contribution in [-0.2, 0) is 19.1 Å². The van der Waals surface area contributed by atoms with E-state index in [1.165, 1.54) is 12.1 Å². The number of hydrogen-bond acceptors (Lipinski definition) is 8. The molecule has 3 N–H and O–H groups in total. The van der Waals surface area contributed by atoms with Gasteiger partial charge in [0.05, 0.1) is 48.6 Å². The normalized spacial score (nSPS) is 15.7. The van der Waals surface area contributed by atoms with Crippen molar-refractivity contribution in [3.05, 3.63) is 85.9 Å². The fourth-order valence-corrected chi connectivity index (χ4v) is 4.13. The van der Waals surface area contributed by atoms with E-state index in [4.69, 9.17) is 15.2 Å². The fraction of sp³-hybridized carbons (Fsp3) is 0.130. The minimum absolute atomic E-state index is 0.0125. The Morgan fingerprint density at radius 3 is 2.27 bits per heavy atom. The number of halogens is 1. The van der Waals surface area contributed by atoms with Crippen molar-refractivity contribution in [1.82, 2.24) is 0 Å². The summed E-state index contributed by atoms with van der Waals surface area (Å²) < 4.78 is 10.5. The standard InChI is InChI=1S/C23H18IN3O6/c1-32-22(30)18-17(12-6-4-3-5-7-12)15(11-25)20(26)27(19(18)23(31)33-2)16-9-8-13(24)10-14(16)21(28)29/h3-10,17H,26H2,1-2H3,(H,28,29). The van der Waals surface area contributed by atoms with Crippen LogP contribution in [0.25, 0.3) is 0 Å². The summed E-state index contributed by atoms with van der Waals surface area (Å²) in [5, 5.41) is 19.8. The predicted molar refractivity (Wildman–Crippen MR) is 126 cm³/mol. The number of ether oxygens (including phenoxy) is 2. The van der Waals surface area contributed by atoms with Gasteiger partial charge in [0.2, 0.25) is 0 Å². The zero-order valence-corrected chi connectivity index (χ0v) is 19.7. The molecule has 0 amide bonds. The molecule has 0 bridgehead atoms. The van der Waals surface area contributed by atoms with Crippen LogP contribution in [-0.4, -0.2) is 37.2 Å². The first-order valence-corrected chi connectivity index (χ1v) is 10.5. The lowest BCUT2D eigenvalue weighted by atomic mass is 9.80. The number of carbonyl (C=O) groups is 3. The van der Waals surface area contributed by atoms with E-state index in [2.05, 4.69) is 0 Å². The molecule has 9 nitrogen and oxygen atoms in total. The van der Waals surface area contributed by atoms with Gasteiger partial charge in [-0.3, -0.25) is 4.90 Å². The van der Waals surface area contributed by atoms with Crippen LogP contribution in [0.2, 0.25) is 0 Å². The lowest BCUT2D eigenvalue weighted by Crippen LogP contribution is -2.41. The second-order valence-corrected chi connectivity index (χ2v) is 8.05. The van der Waals surface area contributed by atoms with Crippen molar-refractivity contribution < 1.29 is 29.0 Å². The number of methoxy groups -OCH3 is 2. The lowest BCUT2D eigenvalue weighted by Gasteiger charge is -2.36. The SMILES string of the molecule is COC(=O)C1=C(C(=O)OC)N(c2ccc(I)cc2C(=O)O)C(N)=C(C#N)C1c1ccccc1. The number of rotatable bonds is 5. The highest BCUT2D eigenvalue weighted by atomic mass is 127. The molecule has 10 heteroatoms. The summed E-state index contributed by atoms with van der Waals surface area (Å²) in [6.45, 7) is 0. The van der Waals surface area contributed by atoms with E-state index in [0.717, 1.165) is 19.1 Å². The van der Waals surface area contributed by atoms with Gasteiger partial charge in [0.25, 0.3) is 0 Å². The summed E-state index contributed by atoms with van der Waals surface area (Å²) >= 11 is 1.95. The van der Waals surface area contributed by atoms with Crippen LogP contribution in [0.4, 0.5) is 5.69 Å². The van der Waals surface area contributed by atoms with E-state index in [9.17, 15) is 24.8 Å². The van der Waals surface area contributed by atoms with Crippen molar-refractivity contribution in [1.29, 1.82) is 5.26 Å². The summed E-state index contributed by atoms with van der Waals surface area (Å²) in [6, 6.07) is 15.0. The summed E-state index contributed by atoms with van der Waals surface area (Å²) in [5.74, 6) is -4.37. The van der Waals surface area contributed by atoms with Gasteiger partial charge in [0, 0.05) is 3.57 Å². The Kier molecular flexibility index (Phi) is 7.03. The zero-order chi connectivity index (χ0) is 24.3. The number of hydrogen-bond donors (Lipinski definition) is 2. The van der Waals surface area contributed by atoms with Crippen LogP contribution in [0, 0.1) is 14.9 Å². The third-order valence-corrected chi connectivity index (χ3v) is 5.71. The van der Waals surface area contributed by atoms with Gasteiger partial charge in [-0.15, -0.1) is 0 Å². The maximum Gasteiger partial charge on any atom is 0.355 e. The molecular weight excluding hydrogens is 541 g/mol. The van der Waals surface area contributed by atoms with E-state index < -0.39 is 23.8 Å². The van der Waals surface area contributed by atoms with Gasteiger partial charge in [0.15, 0.2) is 0 Å². The zero-order valence-electron chi connectivity index (χ0n) is 17.5. The molecule has 168 valence electrons. The number of anilines is 1. The molecule has 1 atom stereocenters. The summed E-state index contributed by atoms with van der Waals surface area (Å²) in [4.78, 5) is 39.1. The third-order valence-electron chi connectivity index (χ3n) is 5.04. The number of nitrogens with zero attached hydrogens (tertiary/aromatic N) is 2. The van der Waals surface area contributed by atoms with Gasteiger partial charge in [0.1, 0.15) is 11.5 Å². The summed E-state index contributed by atoms with van der Waals surface area (Å²) in [5.41, 5.74) is 6.11. The smallest absolute Gasteiger partial charge is 0.355 e. The van der Waals surface area contributed by atoms with Gasteiger partial charge >= 0.3 is 17.9 Å². The van der Waals surface area contributed by atoms with Gasteiger partial charge in [-0.2, -0.15) is 5.26 Å². The Hall–Kier alpha value is -3.85. The van der Waals surface area contributed by atoms with Crippen LogP contribution in [0.3, 0.4) is 0 Å². The molecule has 3 rings (SSSR count). The Balaban J connectivity index is 2.48. The van der Waals surface area contributed by atoms with Gasteiger partial charge < -0.3 is 20.3 Å². The van der Waals surface area contributed by atoms with E-state index >= 15 is 0 Å². The number of esters is 2.